The lowest BCUT2D eigenvalue weighted by molar-refractivity contribution is 0.0577. The summed E-state index contributed by atoms with van der Waals surface area (Å²) < 4.78 is 10.5. The molecule has 1 rings (SSSR count). The van der Waals surface area contributed by atoms with E-state index in [2.05, 4.69) is 0 Å². The van der Waals surface area contributed by atoms with Crippen LogP contribution >= 0.6 is 11.6 Å². The van der Waals surface area contributed by atoms with Crippen molar-refractivity contribution in [3.05, 3.63) is 29.3 Å². The van der Waals surface area contributed by atoms with E-state index in [1.54, 1.807) is 36.3 Å². The summed E-state index contributed by atoms with van der Waals surface area (Å²) in [7, 11) is 1.64. The highest BCUT2D eigenvalue weighted by Crippen LogP contribution is 2.21. The number of carbonyl (C=O) groups excluding carboxylic acids is 1. The molecule has 0 bridgehead atoms. The number of halogens is 1. The average molecular weight is 300 g/mol. The molecule has 0 saturated carbocycles. The minimum atomic E-state index is -0.525. The van der Waals surface area contributed by atoms with Gasteiger partial charge in [-0.2, -0.15) is 0 Å². The maximum atomic E-state index is 12.3. The average Bonchev–Trinajstić information content (AvgIpc) is 2.34. The predicted octanol–water partition coefficient (Wildman–Crippen LogP) is 4.12. The number of ether oxygens (including phenoxy) is 2. The third kappa shape index (κ3) is 5.80. The van der Waals surface area contributed by atoms with Gasteiger partial charge < -0.3 is 9.47 Å². The van der Waals surface area contributed by atoms with E-state index in [4.69, 9.17) is 21.1 Å². The number of rotatable bonds is 5. The lowest BCUT2D eigenvalue weighted by atomic mass is 10.2. The molecule has 112 valence electrons. The van der Waals surface area contributed by atoms with Crippen molar-refractivity contribution in [2.24, 2.45) is 0 Å². The molecule has 0 fully saturated rings. The van der Waals surface area contributed by atoms with Gasteiger partial charge in [-0.05, 0) is 51.5 Å². The first-order valence-corrected chi connectivity index (χ1v) is 6.96. The van der Waals surface area contributed by atoms with Gasteiger partial charge in [0.05, 0.1) is 0 Å². The third-order valence-corrected chi connectivity index (χ3v) is 2.73. The molecule has 0 aliphatic carbocycles. The zero-order valence-electron chi connectivity index (χ0n) is 12.5. The Morgan fingerprint density at radius 2 is 1.85 bits per heavy atom. The van der Waals surface area contributed by atoms with Crippen LogP contribution in [0.25, 0.3) is 0 Å². The molecule has 1 aromatic rings. The summed E-state index contributed by atoms with van der Waals surface area (Å²) in [4.78, 5) is 13.9. The minimum absolute atomic E-state index is 0.365. The van der Waals surface area contributed by atoms with E-state index in [0.29, 0.717) is 18.2 Å². The normalized spacial score (nSPS) is 11.2. The van der Waals surface area contributed by atoms with E-state index >= 15 is 0 Å². The summed E-state index contributed by atoms with van der Waals surface area (Å²) in [5.41, 5.74) is 0.239. The van der Waals surface area contributed by atoms with Gasteiger partial charge in [-0.15, -0.1) is 0 Å². The largest absolute Gasteiger partial charge is 0.443 e. The Kier molecular flexibility index (Phi) is 6.30. The van der Waals surface area contributed by atoms with Crippen molar-refractivity contribution in [1.29, 1.82) is 0 Å². The van der Waals surface area contributed by atoms with Gasteiger partial charge in [0.1, 0.15) is 5.60 Å². The van der Waals surface area contributed by atoms with Crippen molar-refractivity contribution in [1.82, 2.24) is 0 Å². The SMILES string of the molecule is COCCCN(C(=O)OC(C)(C)C)c1ccc(Cl)cc1. The van der Waals surface area contributed by atoms with Crippen LogP contribution in [0, 0.1) is 0 Å². The van der Waals surface area contributed by atoms with E-state index in [9.17, 15) is 4.79 Å². The van der Waals surface area contributed by atoms with Crippen LogP contribution in [0.5, 0.6) is 0 Å². The Balaban J connectivity index is 2.84. The fraction of sp³-hybridized carbons (Fsp3) is 0.533. The maximum Gasteiger partial charge on any atom is 0.414 e. The Hall–Kier alpha value is -1.26. The van der Waals surface area contributed by atoms with Gasteiger partial charge in [0, 0.05) is 31.0 Å². The number of nitrogens with zero attached hydrogens (tertiary/aromatic N) is 1. The highest BCUT2D eigenvalue weighted by molar-refractivity contribution is 6.30. The second-order valence-corrected chi connectivity index (χ2v) is 5.89. The van der Waals surface area contributed by atoms with Crippen molar-refractivity contribution in [3.8, 4) is 0 Å². The number of methoxy groups -OCH3 is 1. The fourth-order valence-corrected chi connectivity index (χ4v) is 1.76. The van der Waals surface area contributed by atoms with E-state index < -0.39 is 5.60 Å². The monoisotopic (exact) mass is 299 g/mol. The summed E-state index contributed by atoms with van der Waals surface area (Å²) in [6, 6.07) is 7.12. The van der Waals surface area contributed by atoms with E-state index in [-0.39, 0.29) is 6.09 Å². The number of benzene rings is 1. The van der Waals surface area contributed by atoms with Crippen molar-refractivity contribution in [2.75, 3.05) is 25.2 Å². The molecule has 0 aliphatic heterocycles. The van der Waals surface area contributed by atoms with Crippen molar-refractivity contribution >= 4 is 23.4 Å². The summed E-state index contributed by atoms with van der Waals surface area (Å²) in [6.07, 6.45) is 0.370. The van der Waals surface area contributed by atoms with Gasteiger partial charge >= 0.3 is 6.09 Å². The van der Waals surface area contributed by atoms with Gasteiger partial charge in [0.2, 0.25) is 0 Å². The smallest absolute Gasteiger partial charge is 0.414 e. The molecule has 4 nitrogen and oxygen atoms in total. The lowest BCUT2D eigenvalue weighted by Crippen LogP contribution is -2.37. The van der Waals surface area contributed by atoms with Gasteiger partial charge in [-0.1, -0.05) is 11.6 Å². The van der Waals surface area contributed by atoms with Gasteiger partial charge in [0.25, 0.3) is 0 Å². The van der Waals surface area contributed by atoms with Crippen LogP contribution in [0.1, 0.15) is 27.2 Å². The van der Waals surface area contributed by atoms with Crippen LogP contribution in [0.15, 0.2) is 24.3 Å². The third-order valence-electron chi connectivity index (χ3n) is 2.48. The Bertz CT molecular complexity index is 426. The molecule has 0 spiro atoms. The molecule has 0 aliphatic rings. The van der Waals surface area contributed by atoms with E-state index in [1.807, 2.05) is 20.8 Å². The number of carbonyl (C=O) groups is 1. The van der Waals surface area contributed by atoms with Crippen LogP contribution < -0.4 is 4.90 Å². The number of hydrogen-bond donors (Lipinski definition) is 0. The number of anilines is 1. The van der Waals surface area contributed by atoms with Crippen LogP contribution in [0.2, 0.25) is 5.02 Å². The number of amides is 1. The summed E-state index contributed by atoms with van der Waals surface area (Å²) in [6.45, 7) is 6.66. The van der Waals surface area contributed by atoms with Crippen molar-refractivity contribution in [3.63, 3.8) is 0 Å². The maximum absolute atomic E-state index is 12.3. The molecule has 0 radical (unpaired) electrons. The molecule has 0 heterocycles. The molecule has 1 aromatic carbocycles. The second kappa shape index (κ2) is 7.50. The molecule has 0 unspecified atom stereocenters. The van der Waals surface area contributed by atoms with Crippen LogP contribution in [0.3, 0.4) is 0 Å². The van der Waals surface area contributed by atoms with Crippen LogP contribution in [0.4, 0.5) is 10.5 Å². The Labute approximate surface area is 125 Å². The molecular formula is C15H22ClNO3. The standard InChI is InChI=1S/C15H22ClNO3/c1-15(2,3)20-14(18)17(10-5-11-19-4)13-8-6-12(16)7-9-13/h6-9H,5,10-11H2,1-4H3. The molecule has 20 heavy (non-hydrogen) atoms. The van der Waals surface area contributed by atoms with Crippen LogP contribution in [-0.2, 0) is 9.47 Å². The van der Waals surface area contributed by atoms with Crippen LogP contribution in [-0.4, -0.2) is 32.0 Å². The second-order valence-electron chi connectivity index (χ2n) is 5.45. The summed E-state index contributed by atoms with van der Waals surface area (Å²) in [5, 5.41) is 0.634. The van der Waals surface area contributed by atoms with Gasteiger partial charge in [-0.25, -0.2) is 4.79 Å². The lowest BCUT2D eigenvalue weighted by Gasteiger charge is -2.27. The van der Waals surface area contributed by atoms with Crippen molar-refractivity contribution < 1.29 is 14.3 Å². The quantitative estimate of drug-likeness (QED) is 0.768. The first-order valence-electron chi connectivity index (χ1n) is 6.58. The minimum Gasteiger partial charge on any atom is -0.443 e. The first-order chi connectivity index (χ1) is 9.33. The van der Waals surface area contributed by atoms with Crippen molar-refractivity contribution in [2.45, 2.75) is 32.8 Å². The Morgan fingerprint density at radius 1 is 1.25 bits per heavy atom. The van der Waals surface area contributed by atoms with E-state index in [0.717, 1.165) is 12.1 Å². The van der Waals surface area contributed by atoms with E-state index in [1.165, 1.54) is 0 Å². The summed E-state index contributed by atoms with van der Waals surface area (Å²) >= 11 is 5.87. The van der Waals surface area contributed by atoms with Gasteiger partial charge in [0.15, 0.2) is 0 Å². The Morgan fingerprint density at radius 3 is 2.35 bits per heavy atom. The number of hydrogen-bond acceptors (Lipinski definition) is 3. The first kappa shape index (κ1) is 16.8. The summed E-state index contributed by atoms with van der Waals surface area (Å²) in [5.74, 6) is 0. The predicted molar refractivity (Wildman–Crippen MR) is 81.5 cm³/mol. The highest BCUT2D eigenvalue weighted by atomic mass is 35.5. The zero-order chi connectivity index (χ0) is 15.2. The molecule has 1 amide bonds. The molecule has 0 saturated heterocycles. The highest BCUT2D eigenvalue weighted by Gasteiger charge is 2.23. The molecular weight excluding hydrogens is 278 g/mol. The van der Waals surface area contributed by atoms with Gasteiger partial charge in [-0.3, -0.25) is 4.90 Å². The topological polar surface area (TPSA) is 38.8 Å². The molecule has 0 N–H and O–H groups in total. The molecule has 0 aromatic heterocycles. The zero-order valence-corrected chi connectivity index (χ0v) is 13.2. The fourth-order valence-electron chi connectivity index (χ4n) is 1.63. The molecule has 5 heteroatoms. The molecule has 0 atom stereocenters.